The van der Waals surface area contributed by atoms with Crippen molar-refractivity contribution in [1.29, 1.82) is 0 Å². The van der Waals surface area contributed by atoms with Crippen molar-refractivity contribution in [2.75, 3.05) is 32.7 Å². The maximum atomic E-state index is 12.1. The summed E-state index contributed by atoms with van der Waals surface area (Å²) in [6.07, 6.45) is 2.86. The summed E-state index contributed by atoms with van der Waals surface area (Å²) in [5.41, 5.74) is 5.53. The number of likely N-dealkylation sites (N-methyl/N-ethyl adjacent to an activating group) is 1. The van der Waals surface area contributed by atoms with Crippen LogP contribution in [-0.4, -0.2) is 54.0 Å². The summed E-state index contributed by atoms with van der Waals surface area (Å²) in [5, 5.41) is 0. The maximum Gasteiger partial charge on any atom is 0.242 e. The smallest absolute Gasteiger partial charge is 0.242 e. The summed E-state index contributed by atoms with van der Waals surface area (Å²) in [6, 6.07) is 0. The van der Waals surface area contributed by atoms with Crippen LogP contribution in [0.25, 0.3) is 0 Å². The number of carbonyl (C=O) groups excluding carboxylic acids is 1. The van der Waals surface area contributed by atoms with E-state index in [1.54, 1.807) is 0 Å². The zero-order valence-corrected chi connectivity index (χ0v) is 12.0. The van der Waals surface area contributed by atoms with Gasteiger partial charge >= 0.3 is 0 Å². The molecule has 6 heteroatoms. The van der Waals surface area contributed by atoms with Crippen molar-refractivity contribution >= 4 is 30.7 Å². The Bertz CT molecular complexity index is 251. The quantitative estimate of drug-likeness (QED) is 0.819. The Kier molecular flexibility index (Phi) is 6.77. The van der Waals surface area contributed by atoms with Crippen molar-refractivity contribution in [2.24, 2.45) is 5.73 Å². The van der Waals surface area contributed by atoms with Crippen LogP contribution in [0.2, 0.25) is 0 Å². The summed E-state index contributed by atoms with van der Waals surface area (Å²) in [7, 11) is 0. The Morgan fingerprint density at radius 1 is 1.18 bits per heavy atom. The van der Waals surface area contributed by atoms with Crippen LogP contribution < -0.4 is 5.73 Å². The van der Waals surface area contributed by atoms with Crippen molar-refractivity contribution in [1.82, 2.24) is 9.80 Å². The Hall–Kier alpha value is -0.0300. The topological polar surface area (TPSA) is 49.6 Å². The van der Waals surface area contributed by atoms with Gasteiger partial charge in [0.25, 0.3) is 0 Å². The number of piperazine rings is 1. The van der Waals surface area contributed by atoms with Gasteiger partial charge in [0.1, 0.15) is 0 Å². The number of carbonyl (C=O) groups is 1. The maximum absolute atomic E-state index is 12.1. The first-order valence-corrected chi connectivity index (χ1v) is 5.96. The Morgan fingerprint density at radius 2 is 1.71 bits per heavy atom. The fourth-order valence-corrected chi connectivity index (χ4v) is 2.35. The van der Waals surface area contributed by atoms with E-state index in [0.717, 1.165) is 52.0 Å². The lowest BCUT2D eigenvalue weighted by Gasteiger charge is -2.43. The molecule has 0 bridgehead atoms. The molecule has 1 heterocycles. The number of amides is 1. The molecule has 2 N–H and O–H groups in total. The highest BCUT2D eigenvalue weighted by molar-refractivity contribution is 5.87. The second-order valence-electron chi connectivity index (χ2n) is 4.74. The highest BCUT2D eigenvalue weighted by Crippen LogP contribution is 2.31. The van der Waals surface area contributed by atoms with Gasteiger partial charge in [0.05, 0.1) is 5.54 Å². The Morgan fingerprint density at radius 3 is 2.06 bits per heavy atom. The molecule has 0 atom stereocenters. The SMILES string of the molecule is CCN1CCN(C(=O)C2(N)CCC2)CC1.Cl.Cl. The molecule has 2 rings (SSSR count). The van der Waals surface area contributed by atoms with E-state index in [-0.39, 0.29) is 30.7 Å². The first-order valence-electron chi connectivity index (χ1n) is 5.96. The van der Waals surface area contributed by atoms with Gasteiger partial charge in [-0.05, 0) is 25.8 Å². The monoisotopic (exact) mass is 283 g/mol. The van der Waals surface area contributed by atoms with E-state index in [9.17, 15) is 4.79 Å². The van der Waals surface area contributed by atoms with Crippen molar-refractivity contribution in [2.45, 2.75) is 31.7 Å². The summed E-state index contributed by atoms with van der Waals surface area (Å²) in [6.45, 7) is 6.94. The van der Waals surface area contributed by atoms with Crippen LogP contribution in [0.1, 0.15) is 26.2 Å². The summed E-state index contributed by atoms with van der Waals surface area (Å²) < 4.78 is 0. The third-order valence-electron chi connectivity index (χ3n) is 3.78. The molecular weight excluding hydrogens is 261 g/mol. The van der Waals surface area contributed by atoms with Gasteiger partial charge in [-0.1, -0.05) is 6.92 Å². The van der Waals surface area contributed by atoms with Crippen LogP contribution in [0.5, 0.6) is 0 Å². The average Bonchev–Trinajstić information content (AvgIpc) is 2.25. The molecule has 1 aliphatic carbocycles. The van der Waals surface area contributed by atoms with Gasteiger partial charge in [0, 0.05) is 26.2 Å². The van der Waals surface area contributed by atoms with Gasteiger partial charge in [-0.2, -0.15) is 0 Å². The second-order valence-corrected chi connectivity index (χ2v) is 4.74. The average molecular weight is 284 g/mol. The van der Waals surface area contributed by atoms with Crippen LogP contribution in [0.4, 0.5) is 0 Å². The first kappa shape index (κ1) is 17.0. The molecule has 1 aliphatic heterocycles. The molecule has 102 valence electrons. The molecule has 0 aromatic heterocycles. The molecule has 0 spiro atoms. The normalized spacial score (nSPS) is 23.1. The van der Waals surface area contributed by atoms with E-state index in [4.69, 9.17) is 5.73 Å². The zero-order chi connectivity index (χ0) is 10.9. The van der Waals surface area contributed by atoms with E-state index >= 15 is 0 Å². The fourth-order valence-electron chi connectivity index (χ4n) is 2.35. The Balaban J connectivity index is 0.00000128. The summed E-state index contributed by atoms with van der Waals surface area (Å²) >= 11 is 0. The molecule has 1 saturated heterocycles. The molecular formula is C11H23Cl2N3O. The molecule has 2 aliphatic rings. The standard InChI is InChI=1S/C11H21N3O.2ClH/c1-2-13-6-8-14(9-7-13)10(15)11(12)4-3-5-11;;/h2-9,12H2,1H3;2*1H. The number of nitrogens with zero attached hydrogens (tertiary/aromatic N) is 2. The number of nitrogens with two attached hydrogens (primary N) is 1. The van der Waals surface area contributed by atoms with Crippen molar-refractivity contribution in [3.8, 4) is 0 Å². The van der Waals surface area contributed by atoms with Crippen LogP contribution in [0, 0.1) is 0 Å². The molecule has 0 unspecified atom stereocenters. The minimum Gasteiger partial charge on any atom is -0.339 e. The van der Waals surface area contributed by atoms with Gasteiger partial charge in [0.15, 0.2) is 0 Å². The van der Waals surface area contributed by atoms with E-state index in [0.29, 0.717) is 0 Å². The number of hydrogen-bond donors (Lipinski definition) is 1. The molecule has 0 radical (unpaired) electrons. The highest BCUT2D eigenvalue weighted by Gasteiger charge is 2.43. The van der Waals surface area contributed by atoms with Crippen molar-refractivity contribution < 1.29 is 4.79 Å². The van der Waals surface area contributed by atoms with E-state index in [1.807, 2.05) is 4.90 Å². The molecule has 0 aromatic carbocycles. The fraction of sp³-hybridized carbons (Fsp3) is 0.909. The van der Waals surface area contributed by atoms with Crippen LogP contribution in [0.15, 0.2) is 0 Å². The predicted octanol–water partition coefficient (Wildman–Crippen LogP) is 0.875. The van der Waals surface area contributed by atoms with Crippen LogP contribution in [0.3, 0.4) is 0 Å². The van der Waals surface area contributed by atoms with Gasteiger partial charge in [-0.25, -0.2) is 0 Å². The van der Waals surface area contributed by atoms with Gasteiger partial charge < -0.3 is 15.5 Å². The number of rotatable bonds is 2. The molecule has 2 fully saturated rings. The molecule has 17 heavy (non-hydrogen) atoms. The largest absolute Gasteiger partial charge is 0.339 e. The minimum absolute atomic E-state index is 0. The summed E-state index contributed by atoms with van der Waals surface area (Å²) in [5.74, 6) is 0.185. The Labute approximate surface area is 116 Å². The first-order chi connectivity index (χ1) is 7.15. The second kappa shape index (κ2) is 6.78. The number of hydrogen-bond acceptors (Lipinski definition) is 3. The molecule has 0 aromatic rings. The van der Waals surface area contributed by atoms with Crippen molar-refractivity contribution in [3.63, 3.8) is 0 Å². The lowest BCUT2D eigenvalue weighted by atomic mass is 9.76. The minimum atomic E-state index is -0.506. The highest BCUT2D eigenvalue weighted by atomic mass is 35.5. The lowest BCUT2D eigenvalue weighted by molar-refractivity contribution is -0.141. The van der Waals surface area contributed by atoms with E-state index < -0.39 is 5.54 Å². The lowest BCUT2D eigenvalue weighted by Crippen LogP contribution is -2.62. The van der Waals surface area contributed by atoms with E-state index in [1.165, 1.54) is 0 Å². The van der Waals surface area contributed by atoms with Crippen LogP contribution >= 0.6 is 24.8 Å². The van der Waals surface area contributed by atoms with Gasteiger partial charge in [0.2, 0.25) is 5.91 Å². The van der Waals surface area contributed by atoms with Crippen LogP contribution in [-0.2, 0) is 4.79 Å². The predicted molar refractivity (Wildman–Crippen MR) is 74.0 cm³/mol. The van der Waals surface area contributed by atoms with Gasteiger partial charge in [-0.3, -0.25) is 4.79 Å². The van der Waals surface area contributed by atoms with Crippen molar-refractivity contribution in [3.05, 3.63) is 0 Å². The molecule has 4 nitrogen and oxygen atoms in total. The summed E-state index contributed by atoms with van der Waals surface area (Å²) in [4.78, 5) is 16.4. The third-order valence-corrected chi connectivity index (χ3v) is 3.78. The molecule has 1 amide bonds. The molecule has 1 saturated carbocycles. The third kappa shape index (κ3) is 3.47. The van der Waals surface area contributed by atoms with E-state index in [2.05, 4.69) is 11.8 Å². The number of halogens is 2. The zero-order valence-electron chi connectivity index (χ0n) is 10.4. The van der Waals surface area contributed by atoms with Gasteiger partial charge in [-0.15, -0.1) is 24.8 Å².